The van der Waals surface area contributed by atoms with Gasteiger partial charge in [-0.25, -0.2) is 0 Å². The molecule has 6 aromatic rings. The number of allylic oxidation sites excluding steroid dienone is 2. The Balaban J connectivity index is 0.000000429. The molecule has 6 nitrogen and oxygen atoms in total. The molecule has 0 unspecified atom stereocenters. The number of carboxylic acid groups (broad SMARTS) is 2. The van der Waals surface area contributed by atoms with Gasteiger partial charge >= 0.3 is 44.8 Å². The maximum Gasteiger partial charge on any atom is 1.00 e. The molecular weight excluding hydrogens is 950 g/mol. The van der Waals surface area contributed by atoms with Crippen molar-refractivity contribution >= 4 is 59.6 Å². The molecule has 0 aliphatic carbocycles. The quantitative estimate of drug-likeness (QED) is 0.0984. The molecule has 0 atom stereocenters. The number of carbonyl (C=O) groups is 2. The fourth-order valence-corrected chi connectivity index (χ4v) is 11.0. The molecule has 0 bridgehead atoms. The van der Waals surface area contributed by atoms with Crippen molar-refractivity contribution in [2.45, 2.75) is 27.7 Å². The number of benzene rings is 6. The van der Waals surface area contributed by atoms with Crippen LogP contribution in [0.4, 0.5) is 0 Å². The summed E-state index contributed by atoms with van der Waals surface area (Å²) in [7, 11) is 1.40. The summed E-state index contributed by atoms with van der Waals surface area (Å²) >= 11 is 0. The van der Waals surface area contributed by atoms with E-state index in [-0.39, 0.29) is 44.8 Å². The summed E-state index contributed by atoms with van der Waals surface area (Å²) in [6, 6.07) is 59.6. The topological polar surface area (TPSA) is 98.7 Å². The molecule has 0 saturated heterocycles. The maximum absolute atomic E-state index is 9.62. The number of aliphatic carboxylic acids is 2. The largest absolute Gasteiger partial charge is 1.00 e. The van der Waals surface area contributed by atoms with Crippen LogP contribution in [-0.2, 0) is 54.3 Å². The van der Waals surface area contributed by atoms with Gasteiger partial charge in [-0.2, -0.15) is 0 Å². The van der Waals surface area contributed by atoms with Crippen LogP contribution in [-0.4, -0.2) is 26.2 Å². The Kier molecular flexibility index (Phi) is 25.8. The Labute approximate surface area is 377 Å². The van der Waals surface area contributed by atoms with Crippen LogP contribution in [0.3, 0.4) is 0 Å². The molecule has 10 heteroatoms. The first-order valence-electron chi connectivity index (χ1n) is 18.0. The summed E-state index contributed by atoms with van der Waals surface area (Å²) in [5.74, 6) is -0.307. The van der Waals surface area contributed by atoms with Gasteiger partial charge in [-0.1, -0.05) is 108 Å². The first-order chi connectivity index (χ1) is 27.0. The number of carboxylic acids is 2. The monoisotopic (exact) mass is 998 g/mol. The van der Waals surface area contributed by atoms with Crippen molar-refractivity contribution < 1.29 is 74.0 Å². The van der Waals surface area contributed by atoms with Crippen LogP contribution in [0.1, 0.15) is 27.7 Å². The Hall–Kier alpha value is -4.32. The van der Waals surface area contributed by atoms with Gasteiger partial charge in [0.05, 0.1) is 26.2 Å². The number of carbonyl (C=O) groups excluding carboxylic acids is 2. The van der Waals surface area contributed by atoms with E-state index in [9.17, 15) is 19.8 Å². The van der Waals surface area contributed by atoms with Crippen LogP contribution < -0.4 is 51.5 Å². The van der Waals surface area contributed by atoms with E-state index in [0.29, 0.717) is 0 Å². The summed E-state index contributed by atoms with van der Waals surface area (Å²) in [6.07, 6.45) is 2.11. The Morgan fingerprint density at radius 3 is 0.828 bits per heavy atom. The average Bonchev–Trinajstić information content (AvgIpc) is 3.20. The van der Waals surface area contributed by atoms with Gasteiger partial charge in [0.15, 0.2) is 11.5 Å². The van der Waals surface area contributed by atoms with Crippen LogP contribution >= 0.6 is 15.8 Å². The van der Waals surface area contributed by atoms with E-state index in [4.69, 9.17) is 9.47 Å². The molecule has 0 fully saturated rings. The zero-order valence-corrected chi connectivity index (χ0v) is 38.3. The van der Waals surface area contributed by atoms with E-state index in [0.717, 1.165) is 34.8 Å². The maximum atomic E-state index is 9.62. The molecule has 58 heavy (non-hydrogen) atoms. The minimum Gasteiger partial charge on any atom is -0.545 e. The van der Waals surface area contributed by atoms with Gasteiger partial charge in [-0.15, -0.1) is 0 Å². The first kappa shape index (κ1) is 51.7. The molecule has 0 aliphatic rings. The molecule has 0 amide bonds. The Bertz CT molecular complexity index is 1890. The van der Waals surface area contributed by atoms with E-state index in [2.05, 4.69) is 146 Å². The molecule has 6 rings (SSSR count). The van der Waals surface area contributed by atoms with E-state index in [1.165, 1.54) is 31.8 Å². The predicted octanol–water partition coefficient (Wildman–Crippen LogP) is 5.77. The molecular formula is C48H50Ag2O6P2+2. The Morgan fingerprint density at radius 2 is 0.638 bits per heavy atom. The van der Waals surface area contributed by atoms with E-state index < -0.39 is 27.8 Å². The number of rotatable bonds is 10. The minimum atomic E-state index is -1.12. The van der Waals surface area contributed by atoms with E-state index in [1.54, 1.807) is 41.9 Å². The van der Waals surface area contributed by atoms with Gasteiger partial charge in [0.2, 0.25) is 0 Å². The number of methoxy groups -OCH3 is 2. The molecule has 0 aliphatic heterocycles. The third-order valence-corrected chi connectivity index (χ3v) is 13.4. The molecule has 0 spiro atoms. The fraction of sp³-hybridized carbons (Fsp3) is 0.125. The van der Waals surface area contributed by atoms with Crippen molar-refractivity contribution in [3.8, 4) is 11.5 Å². The van der Waals surface area contributed by atoms with Crippen LogP contribution in [0, 0.1) is 0 Å². The van der Waals surface area contributed by atoms with E-state index >= 15 is 0 Å². The van der Waals surface area contributed by atoms with Crippen molar-refractivity contribution in [3.05, 3.63) is 193 Å². The number of para-hydroxylation sites is 2. The Morgan fingerprint density at radius 1 is 0.414 bits per heavy atom. The van der Waals surface area contributed by atoms with E-state index in [1.807, 2.05) is 24.3 Å². The average molecular weight is 1000 g/mol. The van der Waals surface area contributed by atoms with Crippen LogP contribution in [0.5, 0.6) is 11.5 Å². The summed E-state index contributed by atoms with van der Waals surface area (Å²) in [5.41, 5.74) is 1.50. The molecule has 0 heterocycles. The molecule has 6 aromatic carbocycles. The zero-order chi connectivity index (χ0) is 40.7. The number of hydrogen-bond donors (Lipinski definition) is 0. The number of hydrogen-bond acceptors (Lipinski definition) is 6. The minimum absolute atomic E-state index is 0. The molecule has 308 valence electrons. The third kappa shape index (κ3) is 18.1. The van der Waals surface area contributed by atoms with Crippen molar-refractivity contribution in [1.29, 1.82) is 0 Å². The third-order valence-electron chi connectivity index (χ3n) is 7.82. The van der Waals surface area contributed by atoms with Gasteiger partial charge in [-0.3, -0.25) is 0 Å². The van der Waals surface area contributed by atoms with Crippen LogP contribution in [0.2, 0.25) is 0 Å². The van der Waals surface area contributed by atoms with Crippen molar-refractivity contribution in [1.82, 2.24) is 0 Å². The second-order valence-electron chi connectivity index (χ2n) is 12.7. The van der Waals surface area contributed by atoms with Crippen molar-refractivity contribution in [2.24, 2.45) is 0 Å². The predicted molar refractivity (Wildman–Crippen MR) is 235 cm³/mol. The summed E-state index contributed by atoms with van der Waals surface area (Å²) in [5, 5.41) is 27.3. The van der Waals surface area contributed by atoms with Gasteiger partial charge in [0.25, 0.3) is 0 Å². The summed E-state index contributed by atoms with van der Waals surface area (Å²) in [6.45, 7) is 6.82. The molecule has 0 aromatic heterocycles. The van der Waals surface area contributed by atoms with Gasteiger partial charge in [-0.05, 0) is 113 Å². The zero-order valence-electron chi connectivity index (χ0n) is 33.4. The fourth-order valence-electron chi connectivity index (χ4n) is 5.55. The van der Waals surface area contributed by atoms with Gasteiger partial charge in [0, 0.05) is 0 Å². The molecule has 0 radical (unpaired) electrons. The van der Waals surface area contributed by atoms with Gasteiger partial charge < -0.3 is 29.3 Å². The normalized spacial score (nSPS) is 9.52. The van der Waals surface area contributed by atoms with Crippen LogP contribution in [0.15, 0.2) is 193 Å². The molecule has 0 saturated carbocycles. The van der Waals surface area contributed by atoms with Crippen LogP contribution in [0.25, 0.3) is 0 Å². The van der Waals surface area contributed by atoms with Crippen molar-refractivity contribution in [2.75, 3.05) is 14.2 Å². The first-order valence-corrected chi connectivity index (χ1v) is 21.0. The summed E-state index contributed by atoms with van der Waals surface area (Å²) < 4.78 is 11.2. The van der Waals surface area contributed by atoms with Gasteiger partial charge in [0.1, 0.15) is 47.7 Å². The van der Waals surface area contributed by atoms with Crippen molar-refractivity contribution in [3.63, 3.8) is 0 Å². The molecule has 0 N–H and O–H groups in total. The standard InChI is InChI=1S/2C19H17OP.2C5H8O2.2Ag/c2*1-20-18-14-8-9-15-19(18)21(16-10-4-2-5-11-16)17-12-6-3-7-13-17;2*1-4(2)3-5(6)7;;/h2*2-15H,1H3;2*3H,1-2H3,(H,6,7);;/q;;;;2*+1. The second-order valence-corrected chi connectivity index (χ2v) is 17.6. The summed E-state index contributed by atoms with van der Waals surface area (Å²) in [4.78, 5) is 19.2. The smallest absolute Gasteiger partial charge is 0.545 e. The second kappa shape index (κ2) is 29.0. The number of ether oxygens (including phenoxy) is 2. The SMILES string of the molecule is CC(C)=CC(=O)[O-].CC(C)=CC(=O)[O-].COc1ccccc1[PH+](c1ccccc1)c1ccccc1.COc1ccccc1[PH+](c1ccccc1)c1ccccc1.[Ag+].[Ag+].